The number of amides is 1. The summed E-state index contributed by atoms with van der Waals surface area (Å²) in [5.41, 5.74) is 2.61. The van der Waals surface area contributed by atoms with Gasteiger partial charge in [0, 0.05) is 12.1 Å². The summed E-state index contributed by atoms with van der Waals surface area (Å²) in [6.45, 7) is 2.08. The molecule has 2 aromatic carbocycles. The number of benzene rings is 2. The highest BCUT2D eigenvalue weighted by Gasteiger charge is 2.32. The second-order valence-corrected chi connectivity index (χ2v) is 7.36. The highest BCUT2D eigenvalue weighted by Crippen LogP contribution is 2.33. The first-order chi connectivity index (χ1) is 13.0. The predicted molar refractivity (Wildman–Crippen MR) is 112 cm³/mol. The van der Waals surface area contributed by atoms with Crippen molar-refractivity contribution in [3.05, 3.63) is 80.2 Å². The van der Waals surface area contributed by atoms with E-state index in [4.69, 9.17) is 12.2 Å². The Balaban J connectivity index is 1.79. The number of hydrazone groups is 1. The number of rotatable bonds is 5. The Bertz CT molecular complexity index is 968. The Kier molecular flexibility index (Phi) is 5.78. The van der Waals surface area contributed by atoms with Gasteiger partial charge in [-0.2, -0.15) is 10.1 Å². The van der Waals surface area contributed by atoms with Crippen LogP contribution in [0.5, 0.6) is 0 Å². The molecule has 0 unspecified atom stereocenters. The van der Waals surface area contributed by atoms with Crippen molar-refractivity contribution in [2.24, 2.45) is 5.10 Å². The minimum Gasteiger partial charge on any atom is -0.266 e. The maximum atomic E-state index is 12.6. The first kappa shape index (κ1) is 18.9. The number of nitro groups is 1. The van der Waals surface area contributed by atoms with Gasteiger partial charge in [0.05, 0.1) is 16.0 Å². The molecule has 136 valence electrons. The monoisotopic (exact) mass is 397 g/mol. The topological polar surface area (TPSA) is 75.8 Å². The summed E-state index contributed by atoms with van der Waals surface area (Å²) in [4.78, 5) is 23.3. The van der Waals surface area contributed by atoms with Gasteiger partial charge in [0.25, 0.3) is 11.6 Å². The zero-order chi connectivity index (χ0) is 19.4. The Hall–Kier alpha value is -2.84. The van der Waals surface area contributed by atoms with Gasteiger partial charge in [0.2, 0.25) is 0 Å². The van der Waals surface area contributed by atoms with Gasteiger partial charge in [-0.3, -0.25) is 14.9 Å². The van der Waals surface area contributed by atoms with Gasteiger partial charge in [0.15, 0.2) is 4.32 Å². The van der Waals surface area contributed by atoms with E-state index >= 15 is 0 Å². The maximum Gasteiger partial charge on any atom is 0.286 e. The van der Waals surface area contributed by atoms with Crippen LogP contribution in [0.25, 0.3) is 6.08 Å². The number of hydrogen-bond donors (Lipinski definition) is 0. The molecule has 1 fully saturated rings. The van der Waals surface area contributed by atoms with Crippen LogP contribution in [0.1, 0.15) is 23.6 Å². The number of non-ortho nitro benzene ring substituents is 1. The fraction of sp³-hybridized carbons (Fsp3) is 0.105. The summed E-state index contributed by atoms with van der Waals surface area (Å²) in [5, 5.41) is 16.2. The SMILES string of the molecule is CCc1ccc(/C=N/N2C(=O)/C(=C\c3cccc([N+](=O)[O-])c3)SC2=S)cc1. The van der Waals surface area contributed by atoms with E-state index in [9.17, 15) is 14.9 Å². The normalized spacial score (nSPS) is 15.9. The first-order valence-corrected chi connectivity index (χ1v) is 9.35. The molecule has 0 aromatic heterocycles. The molecule has 0 saturated carbocycles. The van der Waals surface area contributed by atoms with E-state index in [0.29, 0.717) is 14.8 Å². The molecule has 1 aliphatic heterocycles. The Morgan fingerprint density at radius 2 is 1.96 bits per heavy atom. The molecule has 6 nitrogen and oxygen atoms in total. The molecule has 1 amide bonds. The molecule has 1 heterocycles. The van der Waals surface area contributed by atoms with E-state index < -0.39 is 4.92 Å². The van der Waals surface area contributed by atoms with Crippen molar-refractivity contribution in [2.75, 3.05) is 0 Å². The number of thioether (sulfide) groups is 1. The molecule has 27 heavy (non-hydrogen) atoms. The minimum absolute atomic E-state index is 0.0345. The van der Waals surface area contributed by atoms with Crippen molar-refractivity contribution in [1.82, 2.24) is 5.01 Å². The molecule has 1 aliphatic rings. The third kappa shape index (κ3) is 4.47. The van der Waals surface area contributed by atoms with Gasteiger partial charge >= 0.3 is 0 Å². The Morgan fingerprint density at radius 1 is 1.22 bits per heavy atom. The van der Waals surface area contributed by atoms with Crippen LogP contribution in [0.15, 0.2) is 58.5 Å². The van der Waals surface area contributed by atoms with E-state index in [1.54, 1.807) is 24.4 Å². The number of carbonyl (C=O) groups is 1. The molecule has 0 bridgehead atoms. The number of thiocarbonyl (C=S) groups is 1. The zero-order valence-electron chi connectivity index (χ0n) is 14.4. The lowest BCUT2D eigenvalue weighted by Gasteiger charge is -2.06. The quantitative estimate of drug-likeness (QED) is 0.246. The van der Waals surface area contributed by atoms with Crippen LogP contribution in [-0.4, -0.2) is 26.4 Å². The van der Waals surface area contributed by atoms with Gasteiger partial charge in [-0.1, -0.05) is 55.1 Å². The van der Waals surface area contributed by atoms with Crippen molar-refractivity contribution in [3.63, 3.8) is 0 Å². The van der Waals surface area contributed by atoms with Crippen molar-refractivity contribution in [2.45, 2.75) is 13.3 Å². The highest BCUT2D eigenvalue weighted by molar-refractivity contribution is 8.26. The van der Waals surface area contributed by atoms with Gasteiger partial charge < -0.3 is 0 Å². The third-order valence-electron chi connectivity index (χ3n) is 3.86. The molecule has 1 saturated heterocycles. The molecule has 2 aromatic rings. The van der Waals surface area contributed by atoms with Crippen molar-refractivity contribution in [1.29, 1.82) is 0 Å². The third-order valence-corrected chi connectivity index (χ3v) is 5.15. The van der Waals surface area contributed by atoms with Gasteiger partial charge in [0.1, 0.15) is 0 Å². The number of carbonyl (C=O) groups excluding carboxylic acids is 1. The van der Waals surface area contributed by atoms with E-state index in [-0.39, 0.29) is 11.6 Å². The Labute approximate surface area is 165 Å². The van der Waals surface area contributed by atoms with Crippen molar-refractivity contribution < 1.29 is 9.72 Å². The van der Waals surface area contributed by atoms with Crippen molar-refractivity contribution in [3.8, 4) is 0 Å². The smallest absolute Gasteiger partial charge is 0.266 e. The van der Waals surface area contributed by atoms with E-state index in [2.05, 4.69) is 12.0 Å². The summed E-state index contributed by atoms with van der Waals surface area (Å²) in [6, 6.07) is 13.9. The van der Waals surface area contributed by atoms with Gasteiger partial charge in [-0.05, 0) is 41.4 Å². The molecule has 0 radical (unpaired) electrons. The van der Waals surface area contributed by atoms with Crippen LogP contribution in [0.2, 0.25) is 0 Å². The highest BCUT2D eigenvalue weighted by atomic mass is 32.2. The lowest BCUT2D eigenvalue weighted by Crippen LogP contribution is -2.22. The molecular weight excluding hydrogens is 382 g/mol. The van der Waals surface area contributed by atoms with Crippen molar-refractivity contribution >= 4 is 52.2 Å². The maximum absolute atomic E-state index is 12.6. The Morgan fingerprint density at radius 3 is 2.63 bits per heavy atom. The van der Waals surface area contributed by atoms with Crippen LogP contribution in [0.4, 0.5) is 5.69 Å². The second-order valence-electron chi connectivity index (χ2n) is 5.69. The molecule has 0 N–H and O–H groups in total. The average Bonchev–Trinajstić information content (AvgIpc) is 2.93. The molecule has 0 aliphatic carbocycles. The average molecular weight is 397 g/mol. The predicted octanol–water partition coefficient (Wildman–Crippen LogP) is 4.39. The molecular formula is C19H15N3O3S2. The van der Waals surface area contributed by atoms with E-state index in [1.807, 2.05) is 24.3 Å². The van der Waals surface area contributed by atoms with E-state index in [1.165, 1.54) is 17.7 Å². The summed E-state index contributed by atoms with van der Waals surface area (Å²) in [7, 11) is 0. The summed E-state index contributed by atoms with van der Waals surface area (Å²) < 4.78 is 0.318. The zero-order valence-corrected chi connectivity index (χ0v) is 16.0. The minimum atomic E-state index is -0.476. The number of nitrogens with zero attached hydrogens (tertiary/aromatic N) is 3. The van der Waals surface area contributed by atoms with Crippen LogP contribution in [0, 0.1) is 10.1 Å². The molecule has 8 heteroatoms. The second kappa shape index (κ2) is 8.24. The van der Waals surface area contributed by atoms with Crippen LogP contribution < -0.4 is 0 Å². The van der Waals surface area contributed by atoms with Crippen LogP contribution >= 0.6 is 24.0 Å². The number of hydrogen-bond acceptors (Lipinski definition) is 6. The number of nitro benzene ring substituents is 1. The largest absolute Gasteiger partial charge is 0.286 e. The molecule has 3 rings (SSSR count). The molecule has 0 spiro atoms. The number of aryl methyl sites for hydroxylation is 1. The lowest BCUT2D eigenvalue weighted by molar-refractivity contribution is -0.384. The lowest BCUT2D eigenvalue weighted by atomic mass is 10.1. The fourth-order valence-electron chi connectivity index (χ4n) is 2.40. The van der Waals surface area contributed by atoms with E-state index in [0.717, 1.165) is 28.8 Å². The first-order valence-electron chi connectivity index (χ1n) is 8.13. The summed E-state index contributed by atoms with van der Waals surface area (Å²) >= 11 is 6.36. The fourth-order valence-corrected chi connectivity index (χ4v) is 3.58. The van der Waals surface area contributed by atoms with Gasteiger partial charge in [-0.25, -0.2) is 0 Å². The summed E-state index contributed by atoms with van der Waals surface area (Å²) in [6.07, 6.45) is 4.12. The van der Waals surface area contributed by atoms with Gasteiger partial charge in [-0.15, -0.1) is 0 Å². The standard InChI is InChI=1S/C19H15N3O3S2/c1-2-13-6-8-14(9-7-13)12-20-21-18(23)17(27-19(21)26)11-15-4-3-5-16(10-15)22(24)25/h3-12H,2H2,1H3/b17-11+,20-12+. The van der Waals surface area contributed by atoms with Crippen LogP contribution in [0.3, 0.4) is 0 Å². The summed E-state index contributed by atoms with van der Waals surface area (Å²) in [5.74, 6) is -0.349. The molecule has 0 atom stereocenters. The van der Waals surface area contributed by atoms with Crippen LogP contribution in [-0.2, 0) is 11.2 Å².